The molecule has 0 saturated carbocycles. The molecule has 224 valence electrons. The van der Waals surface area contributed by atoms with Crippen molar-refractivity contribution in [3.8, 4) is 0 Å². The number of aryl methyl sites for hydroxylation is 1. The molecule has 0 bridgehead atoms. The van der Waals surface area contributed by atoms with Gasteiger partial charge in [0, 0.05) is 51.4 Å². The maximum absolute atomic E-state index is 13.8. The number of imidazole rings is 1. The van der Waals surface area contributed by atoms with Crippen molar-refractivity contribution in [2.45, 2.75) is 79.2 Å². The smallest absolute Gasteiger partial charge is 0.253 e. The lowest BCUT2D eigenvalue weighted by Crippen LogP contribution is -2.34. The number of amides is 1. The Bertz CT molecular complexity index is 1230. The number of likely N-dealkylation sites (tertiary alicyclic amines) is 1. The van der Waals surface area contributed by atoms with Crippen LogP contribution in [0.1, 0.15) is 88.0 Å². The summed E-state index contributed by atoms with van der Waals surface area (Å²) in [7, 11) is 4.14. The lowest BCUT2D eigenvalue weighted by Gasteiger charge is -2.26. The van der Waals surface area contributed by atoms with E-state index in [-0.39, 0.29) is 5.91 Å². The minimum atomic E-state index is 0.148. The maximum atomic E-state index is 13.8. The number of fused-ring (bicyclic) bond motifs is 1. The summed E-state index contributed by atoms with van der Waals surface area (Å²) in [6.45, 7) is 15.0. The molecule has 0 unspecified atom stereocenters. The van der Waals surface area contributed by atoms with Gasteiger partial charge in [0.15, 0.2) is 0 Å². The molecule has 1 amide bonds. The maximum Gasteiger partial charge on any atom is 0.253 e. The number of benzene rings is 2. The number of rotatable bonds is 14. The zero-order valence-corrected chi connectivity index (χ0v) is 26.5. The summed E-state index contributed by atoms with van der Waals surface area (Å²) >= 11 is 0. The van der Waals surface area contributed by atoms with Crippen molar-refractivity contribution in [2.75, 3.05) is 51.7 Å². The summed E-state index contributed by atoms with van der Waals surface area (Å²) in [6, 6.07) is 14.9. The Morgan fingerprint density at radius 2 is 1.54 bits per heavy atom. The molecule has 1 fully saturated rings. The third-order valence-corrected chi connectivity index (χ3v) is 8.43. The monoisotopic (exact) mass is 559 g/mol. The van der Waals surface area contributed by atoms with E-state index >= 15 is 0 Å². The Hall–Kier alpha value is -2.86. The van der Waals surface area contributed by atoms with Gasteiger partial charge in [0.2, 0.25) is 0 Å². The fraction of sp³-hybridized carbons (Fsp3) is 0.600. The van der Waals surface area contributed by atoms with Gasteiger partial charge in [-0.2, -0.15) is 0 Å². The minimum Gasteiger partial charge on any atom is -0.378 e. The highest BCUT2D eigenvalue weighted by atomic mass is 16.2. The third-order valence-electron chi connectivity index (χ3n) is 8.43. The fourth-order valence-electron chi connectivity index (χ4n) is 5.75. The summed E-state index contributed by atoms with van der Waals surface area (Å²) in [4.78, 5) is 25.7. The van der Waals surface area contributed by atoms with Gasteiger partial charge in [0.1, 0.15) is 5.82 Å². The number of hydrogen-bond donors (Lipinski definition) is 0. The van der Waals surface area contributed by atoms with Crippen molar-refractivity contribution in [3.05, 3.63) is 59.4 Å². The van der Waals surface area contributed by atoms with Crippen LogP contribution in [0.15, 0.2) is 42.5 Å². The highest BCUT2D eigenvalue weighted by molar-refractivity contribution is 5.97. The van der Waals surface area contributed by atoms with E-state index in [4.69, 9.17) is 4.98 Å². The number of nitrogens with zero attached hydrogens (tertiary/aromatic N) is 5. The molecule has 1 aliphatic rings. The standard InChI is InChI=1S/C35H53N5O/c1-27(2)17-23-39(24-18-28(3)4)35(41)30-13-16-32-33(26-30)40(22-10-21-38-19-8-7-9-20-38)34(36-32)25-29-11-14-31(15-12-29)37(5)6/h11-16,26-28H,7-10,17-25H2,1-6H3. The first-order valence-corrected chi connectivity index (χ1v) is 16.0. The SMILES string of the molecule is CC(C)CCN(CCC(C)C)C(=O)c1ccc2nc(Cc3ccc(N(C)C)cc3)n(CCCN3CCCCC3)c2c1. The fourth-order valence-corrected chi connectivity index (χ4v) is 5.75. The zero-order valence-electron chi connectivity index (χ0n) is 26.5. The second kappa shape index (κ2) is 14.9. The number of carbonyl (C=O) groups is 1. The zero-order chi connectivity index (χ0) is 29.4. The molecule has 4 rings (SSSR count). The molecular formula is C35H53N5O. The Morgan fingerprint density at radius 3 is 2.15 bits per heavy atom. The Labute approximate surface area is 248 Å². The summed E-state index contributed by atoms with van der Waals surface area (Å²) in [6.07, 6.45) is 7.92. The summed E-state index contributed by atoms with van der Waals surface area (Å²) in [5.74, 6) is 2.37. The van der Waals surface area contributed by atoms with Crippen LogP contribution in [0.5, 0.6) is 0 Å². The van der Waals surface area contributed by atoms with Crippen molar-refractivity contribution in [3.63, 3.8) is 0 Å². The van der Waals surface area contributed by atoms with E-state index in [1.807, 2.05) is 6.07 Å². The van der Waals surface area contributed by atoms with Gasteiger partial charge in [0.25, 0.3) is 5.91 Å². The largest absolute Gasteiger partial charge is 0.378 e. The van der Waals surface area contributed by atoms with Gasteiger partial charge in [-0.1, -0.05) is 46.2 Å². The quantitative estimate of drug-likeness (QED) is 0.211. The van der Waals surface area contributed by atoms with Crippen molar-refractivity contribution in [1.82, 2.24) is 19.4 Å². The van der Waals surface area contributed by atoms with Crippen molar-refractivity contribution in [2.24, 2.45) is 11.8 Å². The first kappa shape index (κ1) is 31.1. The van der Waals surface area contributed by atoms with Crippen LogP contribution < -0.4 is 4.90 Å². The van der Waals surface area contributed by atoms with Crippen LogP contribution in [-0.4, -0.2) is 72.1 Å². The summed E-state index contributed by atoms with van der Waals surface area (Å²) in [5, 5.41) is 0. The molecule has 2 aromatic carbocycles. The van der Waals surface area contributed by atoms with Crippen LogP contribution >= 0.6 is 0 Å². The van der Waals surface area contributed by atoms with Gasteiger partial charge in [-0.05, 0) is 99.5 Å². The average molecular weight is 560 g/mol. The molecular weight excluding hydrogens is 506 g/mol. The van der Waals surface area contributed by atoms with Gasteiger partial charge < -0.3 is 19.3 Å². The van der Waals surface area contributed by atoms with Crippen molar-refractivity contribution >= 4 is 22.6 Å². The van der Waals surface area contributed by atoms with Crippen LogP contribution in [0, 0.1) is 11.8 Å². The Balaban J connectivity index is 1.61. The van der Waals surface area contributed by atoms with Crippen molar-refractivity contribution in [1.29, 1.82) is 0 Å². The molecule has 6 nitrogen and oxygen atoms in total. The molecule has 1 aromatic heterocycles. The van der Waals surface area contributed by atoms with E-state index in [0.717, 1.165) is 74.3 Å². The number of carbonyl (C=O) groups excluding carboxylic acids is 1. The number of anilines is 1. The average Bonchev–Trinajstić information content (AvgIpc) is 3.29. The topological polar surface area (TPSA) is 44.6 Å². The van der Waals surface area contributed by atoms with Gasteiger partial charge in [-0.25, -0.2) is 4.98 Å². The highest BCUT2D eigenvalue weighted by Crippen LogP contribution is 2.24. The second-order valence-electron chi connectivity index (χ2n) is 13.0. The minimum absolute atomic E-state index is 0.148. The molecule has 0 atom stereocenters. The van der Waals surface area contributed by atoms with E-state index in [0.29, 0.717) is 11.8 Å². The Kier molecular flexibility index (Phi) is 11.3. The molecule has 0 spiro atoms. The van der Waals surface area contributed by atoms with E-state index in [1.54, 1.807) is 0 Å². The molecule has 1 saturated heterocycles. The van der Waals surface area contributed by atoms with E-state index < -0.39 is 0 Å². The molecule has 0 aliphatic carbocycles. The van der Waals surface area contributed by atoms with Gasteiger partial charge >= 0.3 is 0 Å². The van der Waals surface area contributed by atoms with Gasteiger partial charge in [0.05, 0.1) is 11.0 Å². The predicted octanol–water partition coefficient (Wildman–Crippen LogP) is 7.10. The second-order valence-corrected chi connectivity index (χ2v) is 13.0. The normalized spacial score (nSPS) is 14.3. The summed E-state index contributed by atoms with van der Waals surface area (Å²) in [5.41, 5.74) is 5.31. The van der Waals surface area contributed by atoms with Gasteiger partial charge in [-0.15, -0.1) is 0 Å². The molecule has 2 heterocycles. The van der Waals surface area contributed by atoms with E-state index in [1.165, 1.54) is 43.6 Å². The molecule has 0 N–H and O–H groups in total. The van der Waals surface area contributed by atoms with E-state index in [9.17, 15) is 4.79 Å². The highest BCUT2D eigenvalue weighted by Gasteiger charge is 2.20. The third kappa shape index (κ3) is 8.81. The molecule has 41 heavy (non-hydrogen) atoms. The van der Waals surface area contributed by atoms with Crippen molar-refractivity contribution < 1.29 is 4.79 Å². The Morgan fingerprint density at radius 1 is 0.878 bits per heavy atom. The van der Waals surface area contributed by atoms with Crippen LogP contribution in [0.4, 0.5) is 5.69 Å². The van der Waals surface area contributed by atoms with Crippen LogP contribution in [-0.2, 0) is 13.0 Å². The van der Waals surface area contributed by atoms with E-state index in [2.05, 4.69) is 97.5 Å². The van der Waals surface area contributed by atoms with Crippen LogP contribution in [0.3, 0.4) is 0 Å². The van der Waals surface area contributed by atoms with Crippen LogP contribution in [0.25, 0.3) is 11.0 Å². The molecule has 0 radical (unpaired) electrons. The number of hydrogen-bond acceptors (Lipinski definition) is 4. The predicted molar refractivity (Wildman–Crippen MR) is 173 cm³/mol. The molecule has 6 heteroatoms. The first-order chi connectivity index (χ1) is 19.7. The summed E-state index contributed by atoms with van der Waals surface area (Å²) < 4.78 is 2.39. The molecule has 3 aromatic rings. The van der Waals surface area contributed by atoms with Crippen LogP contribution in [0.2, 0.25) is 0 Å². The lowest BCUT2D eigenvalue weighted by molar-refractivity contribution is 0.0741. The number of aromatic nitrogens is 2. The van der Waals surface area contributed by atoms with Gasteiger partial charge in [-0.3, -0.25) is 4.79 Å². The first-order valence-electron chi connectivity index (χ1n) is 16.0. The molecule has 1 aliphatic heterocycles. The lowest BCUT2D eigenvalue weighted by atomic mass is 10.1. The number of piperidine rings is 1.